The minimum Gasteiger partial charge on any atom is -0.493 e. The molecule has 0 saturated carbocycles. The van der Waals surface area contributed by atoms with Gasteiger partial charge in [-0.3, -0.25) is 0 Å². The Hall–Kier alpha value is -1.07. The Morgan fingerprint density at radius 3 is 2.50 bits per heavy atom. The van der Waals surface area contributed by atoms with Crippen LogP contribution in [0.25, 0.3) is 0 Å². The van der Waals surface area contributed by atoms with Gasteiger partial charge in [-0.15, -0.1) is 0 Å². The van der Waals surface area contributed by atoms with Crippen LogP contribution in [0.3, 0.4) is 0 Å². The number of hydrogen-bond donors (Lipinski definition) is 1. The molecular formula is C13H21NO3S. The van der Waals surface area contributed by atoms with E-state index in [1.54, 1.807) is 6.07 Å². The highest BCUT2D eigenvalue weighted by molar-refractivity contribution is 7.89. The number of nitrogens with two attached hydrogens (primary N) is 1. The molecule has 0 fully saturated rings. The fraction of sp³-hybridized carbons (Fsp3) is 0.538. The van der Waals surface area contributed by atoms with Gasteiger partial charge in [-0.25, -0.2) is 13.6 Å². The summed E-state index contributed by atoms with van der Waals surface area (Å²) in [6.45, 7) is 6.80. The first-order valence-corrected chi connectivity index (χ1v) is 7.61. The molecule has 0 bridgehead atoms. The lowest BCUT2D eigenvalue weighted by atomic mass is 10.1. The molecule has 0 aliphatic rings. The number of benzene rings is 1. The summed E-state index contributed by atoms with van der Waals surface area (Å²) in [5.41, 5.74) is 0.783. The van der Waals surface area contributed by atoms with E-state index in [0.717, 1.165) is 18.4 Å². The summed E-state index contributed by atoms with van der Waals surface area (Å²) in [5, 5.41) is 5.06. The zero-order valence-corrected chi connectivity index (χ0v) is 12.0. The molecule has 4 nitrogen and oxygen atoms in total. The summed E-state index contributed by atoms with van der Waals surface area (Å²) < 4.78 is 28.0. The van der Waals surface area contributed by atoms with Gasteiger partial charge in [0.2, 0.25) is 10.0 Å². The predicted molar refractivity (Wildman–Crippen MR) is 72.1 cm³/mol. The lowest BCUT2D eigenvalue weighted by molar-refractivity contribution is 0.296. The summed E-state index contributed by atoms with van der Waals surface area (Å²) in [7, 11) is -3.63. The second-order valence-electron chi connectivity index (χ2n) is 4.86. The standard InChI is InChI=1S/C13H21NO3S/c1-10(2)5-4-8-17-13-7-6-12(9-11(13)3)18(14,15)16/h6-7,9-10H,4-5,8H2,1-3H3,(H2,14,15,16). The third kappa shape index (κ3) is 4.66. The van der Waals surface area contributed by atoms with E-state index in [0.29, 0.717) is 18.3 Å². The average molecular weight is 271 g/mol. The molecule has 1 aromatic rings. The molecule has 5 heteroatoms. The van der Waals surface area contributed by atoms with Gasteiger partial charge in [0.15, 0.2) is 0 Å². The van der Waals surface area contributed by atoms with E-state index in [-0.39, 0.29) is 4.90 Å². The SMILES string of the molecule is Cc1cc(S(N)(=O)=O)ccc1OCCCC(C)C. The first kappa shape index (κ1) is 15.0. The number of ether oxygens (including phenoxy) is 1. The monoisotopic (exact) mass is 271 g/mol. The molecule has 1 rings (SSSR count). The van der Waals surface area contributed by atoms with Gasteiger partial charge in [0.25, 0.3) is 0 Å². The van der Waals surface area contributed by atoms with Crippen LogP contribution in [0.2, 0.25) is 0 Å². The van der Waals surface area contributed by atoms with Gasteiger partial charge in [0.1, 0.15) is 5.75 Å². The van der Waals surface area contributed by atoms with E-state index in [1.165, 1.54) is 12.1 Å². The van der Waals surface area contributed by atoms with Crippen molar-refractivity contribution in [3.8, 4) is 5.75 Å². The molecule has 0 aromatic heterocycles. The van der Waals surface area contributed by atoms with Gasteiger partial charge in [0, 0.05) is 0 Å². The fourth-order valence-electron chi connectivity index (χ4n) is 1.63. The number of rotatable bonds is 6. The van der Waals surface area contributed by atoms with Gasteiger partial charge in [-0.05, 0) is 49.4 Å². The maximum atomic E-state index is 11.2. The fourth-order valence-corrected chi connectivity index (χ4v) is 2.23. The molecule has 18 heavy (non-hydrogen) atoms. The second-order valence-corrected chi connectivity index (χ2v) is 6.42. The quantitative estimate of drug-likeness (QED) is 0.808. The topological polar surface area (TPSA) is 69.4 Å². The highest BCUT2D eigenvalue weighted by Gasteiger charge is 2.09. The number of hydrogen-bond acceptors (Lipinski definition) is 3. The zero-order chi connectivity index (χ0) is 13.8. The molecule has 0 spiro atoms. The molecule has 0 aliphatic carbocycles. The summed E-state index contributed by atoms with van der Waals surface area (Å²) >= 11 is 0. The lowest BCUT2D eigenvalue weighted by Crippen LogP contribution is -2.12. The molecule has 0 radical (unpaired) electrons. The zero-order valence-electron chi connectivity index (χ0n) is 11.1. The molecule has 2 N–H and O–H groups in total. The highest BCUT2D eigenvalue weighted by atomic mass is 32.2. The molecule has 0 aliphatic heterocycles. The Bertz CT molecular complexity index is 495. The van der Waals surface area contributed by atoms with Gasteiger partial charge >= 0.3 is 0 Å². The van der Waals surface area contributed by atoms with E-state index in [1.807, 2.05) is 6.92 Å². The Morgan fingerprint density at radius 2 is 2.00 bits per heavy atom. The van der Waals surface area contributed by atoms with Crippen LogP contribution >= 0.6 is 0 Å². The lowest BCUT2D eigenvalue weighted by Gasteiger charge is -2.10. The van der Waals surface area contributed by atoms with Gasteiger partial charge in [-0.2, -0.15) is 0 Å². The van der Waals surface area contributed by atoms with Crippen molar-refractivity contribution in [2.45, 2.75) is 38.5 Å². The Labute approximate surface area is 109 Å². The number of primary sulfonamides is 1. The minimum absolute atomic E-state index is 0.120. The Kier molecular flexibility index (Phi) is 5.16. The molecule has 0 unspecified atom stereocenters. The van der Waals surface area contributed by atoms with Crippen LogP contribution in [0.15, 0.2) is 23.1 Å². The van der Waals surface area contributed by atoms with E-state index in [4.69, 9.17) is 9.88 Å². The van der Waals surface area contributed by atoms with Crippen LogP contribution < -0.4 is 9.88 Å². The minimum atomic E-state index is -3.63. The van der Waals surface area contributed by atoms with Gasteiger partial charge in [-0.1, -0.05) is 13.8 Å². The van der Waals surface area contributed by atoms with E-state index >= 15 is 0 Å². The molecule has 0 heterocycles. The van der Waals surface area contributed by atoms with Crippen LogP contribution in [0, 0.1) is 12.8 Å². The van der Waals surface area contributed by atoms with Gasteiger partial charge in [0.05, 0.1) is 11.5 Å². The molecular weight excluding hydrogens is 250 g/mol. The Morgan fingerprint density at radius 1 is 1.33 bits per heavy atom. The maximum Gasteiger partial charge on any atom is 0.238 e. The summed E-state index contributed by atoms with van der Waals surface area (Å²) in [4.78, 5) is 0.120. The molecule has 1 aromatic carbocycles. The van der Waals surface area contributed by atoms with Crippen LogP contribution in [0.4, 0.5) is 0 Å². The summed E-state index contributed by atoms with van der Waals surface area (Å²) in [6, 6.07) is 4.66. The molecule has 0 atom stereocenters. The number of aryl methyl sites for hydroxylation is 1. The van der Waals surface area contributed by atoms with Crippen molar-refractivity contribution in [3.63, 3.8) is 0 Å². The normalized spacial score (nSPS) is 11.8. The largest absolute Gasteiger partial charge is 0.493 e. The van der Waals surface area contributed by atoms with Crippen LogP contribution in [0.1, 0.15) is 32.3 Å². The van der Waals surface area contributed by atoms with E-state index in [9.17, 15) is 8.42 Å². The third-order valence-corrected chi connectivity index (χ3v) is 3.57. The average Bonchev–Trinajstić information content (AvgIpc) is 2.24. The van der Waals surface area contributed by atoms with Crippen molar-refractivity contribution < 1.29 is 13.2 Å². The van der Waals surface area contributed by atoms with Crippen molar-refractivity contribution in [3.05, 3.63) is 23.8 Å². The van der Waals surface area contributed by atoms with E-state index < -0.39 is 10.0 Å². The third-order valence-electron chi connectivity index (χ3n) is 2.66. The molecule has 0 saturated heterocycles. The highest BCUT2D eigenvalue weighted by Crippen LogP contribution is 2.21. The Balaban J connectivity index is 2.64. The van der Waals surface area contributed by atoms with Crippen molar-refractivity contribution in [1.82, 2.24) is 0 Å². The van der Waals surface area contributed by atoms with Crippen LogP contribution in [-0.4, -0.2) is 15.0 Å². The van der Waals surface area contributed by atoms with E-state index in [2.05, 4.69) is 13.8 Å². The maximum absolute atomic E-state index is 11.2. The summed E-state index contributed by atoms with van der Waals surface area (Å²) in [5.74, 6) is 1.38. The van der Waals surface area contributed by atoms with Gasteiger partial charge < -0.3 is 4.74 Å². The second kappa shape index (κ2) is 6.20. The molecule has 0 amide bonds. The van der Waals surface area contributed by atoms with Crippen LogP contribution in [-0.2, 0) is 10.0 Å². The summed E-state index contributed by atoms with van der Waals surface area (Å²) in [6.07, 6.45) is 2.11. The van der Waals surface area contributed by atoms with Crippen LogP contribution in [0.5, 0.6) is 5.75 Å². The van der Waals surface area contributed by atoms with Crippen molar-refractivity contribution in [2.24, 2.45) is 11.1 Å². The van der Waals surface area contributed by atoms with Crippen molar-refractivity contribution in [1.29, 1.82) is 0 Å². The van der Waals surface area contributed by atoms with Crippen molar-refractivity contribution >= 4 is 10.0 Å². The van der Waals surface area contributed by atoms with Crippen molar-refractivity contribution in [2.75, 3.05) is 6.61 Å². The first-order valence-electron chi connectivity index (χ1n) is 6.07. The molecule has 102 valence electrons. The smallest absolute Gasteiger partial charge is 0.238 e. The number of sulfonamides is 1. The first-order chi connectivity index (χ1) is 8.30. The predicted octanol–water partition coefficient (Wildman–Crippen LogP) is 2.46.